The molecule has 0 aliphatic carbocycles. The van der Waals surface area contributed by atoms with E-state index in [4.69, 9.17) is 0 Å². The molecule has 3 aromatic rings. The maximum absolute atomic E-state index is 9.59. The summed E-state index contributed by atoms with van der Waals surface area (Å²) in [5, 5.41) is 9.59. The van der Waals surface area contributed by atoms with Crippen molar-refractivity contribution in [3.05, 3.63) is 84.4 Å². The molecule has 0 unspecified atom stereocenters. The fourth-order valence-electron chi connectivity index (χ4n) is 2.32. The molecule has 0 aliphatic heterocycles. The van der Waals surface area contributed by atoms with Gasteiger partial charge in [-0.15, -0.1) is 0 Å². The molecule has 0 bridgehead atoms. The minimum Gasteiger partial charge on any atom is -0.508 e. The number of aromatic hydroxyl groups is 1. The first-order valence-corrected chi connectivity index (χ1v) is 7.23. The summed E-state index contributed by atoms with van der Waals surface area (Å²) in [6.45, 7) is 0.710. The van der Waals surface area contributed by atoms with Crippen LogP contribution in [0.3, 0.4) is 0 Å². The lowest BCUT2D eigenvalue weighted by molar-refractivity contribution is 0.475. The Hall–Kier alpha value is -2.78. The average Bonchev–Trinajstić information content (AvgIpc) is 2.56. The molecule has 0 aliphatic rings. The molecule has 0 heterocycles. The number of anilines is 1. The Morgan fingerprint density at radius 1 is 0.727 bits per heavy atom. The molecule has 110 valence electrons. The summed E-state index contributed by atoms with van der Waals surface area (Å²) in [7, 11) is 0. The van der Waals surface area contributed by atoms with Gasteiger partial charge in [-0.25, -0.2) is 5.43 Å². The van der Waals surface area contributed by atoms with Crippen LogP contribution in [0.5, 0.6) is 5.75 Å². The average molecular weight is 290 g/mol. The number of nitrogens with one attached hydrogen (secondary N) is 2. The summed E-state index contributed by atoms with van der Waals surface area (Å²) in [5.74, 6) is 0.284. The molecular formula is C19H18N2O. The van der Waals surface area contributed by atoms with Gasteiger partial charge in [0, 0.05) is 12.2 Å². The van der Waals surface area contributed by atoms with Gasteiger partial charge in [0.05, 0.1) is 0 Å². The van der Waals surface area contributed by atoms with E-state index in [2.05, 4.69) is 23.0 Å². The van der Waals surface area contributed by atoms with E-state index >= 15 is 0 Å². The van der Waals surface area contributed by atoms with Crippen molar-refractivity contribution in [3.63, 3.8) is 0 Å². The minimum absolute atomic E-state index is 0.284. The summed E-state index contributed by atoms with van der Waals surface area (Å²) < 4.78 is 0. The molecular weight excluding hydrogens is 272 g/mol. The van der Waals surface area contributed by atoms with E-state index in [0.29, 0.717) is 6.54 Å². The summed E-state index contributed by atoms with van der Waals surface area (Å²) >= 11 is 0. The number of rotatable bonds is 5. The molecule has 0 radical (unpaired) electrons. The van der Waals surface area contributed by atoms with Crippen molar-refractivity contribution in [2.75, 3.05) is 5.43 Å². The fourth-order valence-corrected chi connectivity index (χ4v) is 2.32. The highest BCUT2D eigenvalue weighted by Gasteiger charge is 2.00. The zero-order valence-electron chi connectivity index (χ0n) is 12.2. The Balaban J connectivity index is 1.66. The Labute approximate surface area is 130 Å². The van der Waals surface area contributed by atoms with E-state index in [9.17, 15) is 5.11 Å². The van der Waals surface area contributed by atoms with Crippen LogP contribution < -0.4 is 10.9 Å². The molecule has 3 aromatic carbocycles. The summed E-state index contributed by atoms with van der Waals surface area (Å²) in [6.07, 6.45) is 0. The van der Waals surface area contributed by atoms with Crippen LogP contribution in [0.2, 0.25) is 0 Å². The lowest BCUT2D eigenvalue weighted by Crippen LogP contribution is -2.20. The number of benzene rings is 3. The van der Waals surface area contributed by atoms with Crippen LogP contribution in [-0.2, 0) is 6.54 Å². The molecule has 0 fully saturated rings. The minimum atomic E-state index is 0.284. The van der Waals surface area contributed by atoms with E-state index in [1.165, 1.54) is 5.56 Å². The molecule has 0 saturated carbocycles. The normalized spacial score (nSPS) is 10.4. The fraction of sp³-hybridized carbons (Fsp3) is 0.0526. The number of hydrogen-bond donors (Lipinski definition) is 3. The van der Waals surface area contributed by atoms with Crippen LogP contribution in [0.4, 0.5) is 5.69 Å². The number of para-hydroxylation sites is 1. The van der Waals surface area contributed by atoms with Crippen LogP contribution >= 0.6 is 0 Å². The highest BCUT2D eigenvalue weighted by atomic mass is 16.3. The third kappa shape index (κ3) is 3.65. The monoisotopic (exact) mass is 290 g/mol. The van der Waals surface area contributed by atoms with Gasteiger partial charge in [-0.1, -0.05) is 48.5 Å². The summed E-state index contributed by atoms with van der Waals surface area (Å²) in [4.78, 5) is 0. The maximum atomic E-state index is 9.59. The molecule has 3 heteroatoms. The first-order valence-electron chi connectivity index (χ1n) is 7.23. The van der Waals surface area contributed by atoms with Crippen molar-refractivity contribution in [1.82, 2.24) is 5.43 Å². The van der Waals surface area contributed by atoms with Crippen molar-refractivity contribution in [3.8, 4) is 16.9 Å². The lowest BCUT2D eigenvalue weighted by Gasteiger charge is -2.10. The van der Waals surface area contributed by atoms with E-state index in [1.807, 2.05) is 54.6 Å². The Morgan fingerprint density at radius 2 is 1.45 bits per heavy atom. The Kier molecular flexibility index (Phi) is 4.37. The van der Waals surface area contributed by atoms with Gasteiger partial charge >= 0.3 is 0 Å². The molecule has 0 aromatic heterocycles. The molecule has 0 saturated heterocycles. The predicted octanol–water partition coefficient (Wildman–Crippen LogP) is 4.18. The molecule has 0 amide bonds. The van der Waals surface area contributed by atoms with Gasteiger partial charge < -0.3 is 10.5 Å². The van der Waals surface area contributed by atoms with E-state index in [-0.39, 0.29) is 5.75 Å². The van der Waals surface area contributed by atoms with E-state index in [0.717, 1.165) is 16.8 Å². The molecule has 3 nitrogen and oxygen atoms in total. The number of phenolic OH excluding ortho intramolecular Hbond substituents is 1. The largest absolute Gasteiger partial charge is 0.508 e. The van der Waals surface area contributed by atoms with Gasteiger partial charge in [0.2, 0.25) is 0 Å². The second-order valence-electron chi connectivity index (χ2n) is 5.10. The Morgan fingerprint density at radius 3 is 2.23 bits per heavy atom. The van der Waals surface area contributed by atoms with Crippen molar-refractivity contribution in [2.45, 2.75) is 6.54 Å². The van der Waals surface area contributed by atoms with E-state index in [1.54, 1.807) is 12.1 Å². The molecule has 3 N–H and O–H groups in total. The van der Waals surface area contributed by atoms with Crippen molar-refractivity contribution >= 4 is 5.69 Å². The first-order chi connectivity index (χ1) is 10.8. The molecule has 0 spiro atoms. The molecule has 3 rings (SSSR count). The van der Waals surface area contributed by atoms with Gasteiger partial charge in [0.1, 0.15) is 5.75 Å². The van der Waals surface area contributed by atoms with Crippen LogP contribution in [0.25, 0.3) is 11.1 Å². The number of phenols is 1. The lowest BCUT2D eigenvalue weighted by atomic mass is 10.0. The van der Waals surface area contributed by atoms with Crippen LogP contribution in [0.15, 0.2) is 78.9 Å². The second kappa shape index (κ2) is 6.78. The SMILES string of the molecule is Oc1cccc(-c2cccc(CNNc3ccccc3)c2)c1. The van der Waals surface area contributed by atoms with Crippen molar-refractivity contribution in [1.29, 1.82) is 0 Å². The topological polar surface area (TPSA) is 44.3 Å². The highest BCUT2D eigenvalue weighted by Crippen LogP contribution is 2.23. The number of hydrogen-bond acceptors (Lipinski definition) is 3. The highest BCUT2D eigenvalue weighted by molar-refractivity contribution is 5.65. The van der Waals surface area contributed by atoms with Gasteiger partial charge in [-0.3, -0.25) is 0 Å². The second-order valence-corrected chi connectivity index (χ2v) is 5.10. The zero-order chi connectivity index (χ0) is 15.2. The number of hydrazine groups is 1. The third-order valence-corrected chi connectivity index (χ3v) is 3.41. The Bertz CT molecular complexity index is 741. The molecule has 0 atom stereocenters. The predicted molar refractivity (Wildman–Crippen MR) is 90.4 cm³/mol. The van der Waals surface area contributed by atoms with Crippen LogP contribution in [-0.4, -0.2) is 5.11 Å². The van der Waals surface area contributed by atoms with Gasteiger partial charge in [-0.2, -0.15) is 0 Å². The summed E-state index contributed by atoms with van der Waals surface area (Å²) in [5.41, 5.74) is 10.7. The quantitative estimate of drug-likeness (QED) is 0.618. The third-order valence-electron chi connectivity index (χ3n) is 3.41. The smallest absolute Gasteiger partial charge is 0.116 e. The first kappa shape index (κ1) is 14.2. The maximum Gasteiger partial charge on any atom is 0.116 e. The molecule has 22 heavy (non-hydrogen) atoms. The van der Waals surface area contributed by atoms with Crippen molar-refractivity contribution in [2.24, 2.45) is 0 Å². The van der Waals surface area contributed by atoms with Gasteiger partial charge in [0.25, 0.3) is 0 Å². The summed E-state index contributed by atoms with van der Waals surface area (Å²) in [6, 6.07) is 25.6. The van der Waals surface area contributed by atoms with E-state index < -0.39 is 0 Å². The van der Waals surface area contributed by atoms with Crippen LogP contribution in [0.1, 0.15) is 5.56 Å². The zero-order valence-corrected chi connectivity index (χ0v) is 12.2. The van der Waals surface area contributed by atoms with Gasteiger partial charge in [-0.05, 0) is 47.0 Å². The standard InChI is InChI=1S/C19H18N2O/c22-19-11-5-8-17(13-19)16-7-4-6-15(12-16)14-20-21-18-9-2-1-3-10-18/h1-13,20-22H,14H2. The van der Waals surface area contributed by atoms with Gasteiger partial charge in [0.15, 0.2) is 0 Å². The van der Waals surface area contributed by atoms with Crippen molar-refractivity contribution < 1.29 is 5.11 Å². The van der Waals surface area contributed by atoms with Crippen LogP contribution in [0, 0.1) is 0 Å².